The quantitative estimate of drug-likeness (QED) is 0.156. The summed E-state index contributed by atoms with van der Waals surface area (Å²) in [6, 6.07) is 26.5. The van der Waals surface area contributed by atoms with Crippen LogP contribution in [0.25, 0.3) is 21.8 Å². The number of hydrogen-bond acceptors (Lipinski definition) is 14. The van der Waals surface area contributed by atoms with Crippen LogP contribution in [0.2, 0.25) is 0 Å². The van der Waals surface area contributed by atoms with Gasteiger partial charge in [-0.05, 0) is 89.8 Å². The van der Waals surface area contributed by atoms with E-state index >= 15 is 0 Å². The van der Waals surface area contributed by atoms with Gasteiger partial charge in [0.15, 0.2) is 0 Å². The van der Waals surface area contributed by atoms with Crippen molar-refractivity contribution in [3.05, 3.63) is 95.7 Å². The third kappa shape index (κ3) is 9.48. The van der Waals surface area contributed by atoms with E-state index < -0.39 is 0 Å². The summed E-state index contributed by atoms with van der Waals surface area (Å²) in [6.07, 6.45) is 7.56. The average Bonchev–Trinajstić information content (AvgIpc) is 3.26. The zero-order chi connectivity index (χ0) is 40.1. The molecule has 10 rings (SSSR count). The van der Waals surface area contributed by atoms with Crippen molar-refractivity contribution in [3.8, 4) is 11.8 Å². The number of aliphatic hydroxyl groups excluding tert-OH is 2. The predicted molar refractivity (Wildman–Crippen MR) is 239 cm³/mol. The Morgan fingerprint density at radius 3 is 1.60 bits per heavy atom. The lowest BCUT2D eigenvalue weighted by molar-refractivity contribution is 0.158. The van der Waals surface area contributed by atoms with Gasteiger partial charge in [-0.25, -0.2) is 19.9 Å². The van der Waals surface area contributed by atoms with E-state index in [-0.39, 0.29) is 32.8 Å². The molecule has 2 N–H and O–H groups in total. The Balaban J connectivity index is 0.000000164. The van der Waals surface area contributed by atoms with Crippen LogP contribution in [0, 0.1) is 11.8 Å². The topological polar surface area (TPSA) is 149 Å². The van der Waals surface area contributed by atoms with Gasteiger partial charge in [0, 0.05) is 62.4 Å². The molecule has 15 heteroatoms. The number of para-hydroxylation sites is 2. The Morgan fingerprint density at radius 2 is 1.07 bits per heavy atom. The van der Waals surface area contributed by atoms with Gasteiger partial charge >= 0.3 is 0 Å². The minimum atomic E-state index is 0. The summed E-state index contributed by atoms with van der Waals surface area (Å²) < 4.78 is 13.0. The molecule has 314 valence electrons. The largest absolute Gasteiger partial charge is 0.470 e. The van der Waals surface area contributed by atoms with E-state index in [1.165, 1.54) is 0 Å². The molecule has 0 radical (unpaired) electrons. The van der Waals surface area contributed by atoms with E-state index in [1.807, 2.05) is 42.5 Å². The lowest BCUT2D eigenvalue weighted by Crippen LogP contribution is -2.54. The van der Waals surface area contributed by atoms with Gasteiger partial charge in [-0.3, -0.25) is 0 Å². The summed E-state index contributed by atoms with van der Waals surface area (Å²) >= 11 is 3.52. The standard InChI is InChI=1S/C22H24BrN5O2.C22H25N5O2.CH4/c23-18-11-24-22(27-9-7-15(14-29)8-10-27)26-21(18)30-17-12-28(13-17)20-6-5-16-3-1-2-4-19(16)25-20;28-15-16-8-11-26(12-9-16)22-23-10-7-21(25-22)29-18-13-27(14-18)20-6-5-17-3-1-2-4-19(17)24-20;/h1-6,11,15,17,29H,7-10,12-14H2;1-7,10,16,18,28H,8-9,11-15H2;1H4. The highest BCUT2D eigenvalue weighted by Gasteiger charge is 2.32. The van der Waals surface area contributed by atoms with Gasteiger partial charge in [-0.2, -0.15) is 9.97 Å². The molecule has 0 saturated carbocycles. The van der Waals surface area contributed by atoms with E-state index in [4.69, 9.17) is 19.4 Å². The van der Waals surface area contributed by atoms with E-state index in [9.17, 15) is 10.2 Å². The highest BCUT2D eigenvalue weighted by molar-refractivity contribution is 9.10. The smallest absolute Gasteiger partial charge is 0.233 e. The summed E-state index contributed by atoms with van der Waals surface area (Å²) in [7, 11) is 0. The third-order valence-electron chi connectivity index (χ3n) is 11.7. The number of benzene rings is 2. The molecule has 0 amide bonds. The molecule has 14 nitrogen and oxygen atoms in total. The number of nitrogens with zero attached hydrogens (tertiary/aromatic N) is 10. The third-order valence-corrected chi connectivity index (χ3v) is 12.2. The van der Waals surface area contributed by atoms with Crippen molar-refractivity contribution in [3.63, 3.8) is 0 Å². The monoisotopic (exact) mass is 876 g/mol. The molecular formula is C45H53BrN10O4. The molecule has 4 fully saturated rings. The molecule has 4 aliphatic heterocycles. The minimum Gasteiger partial charge on any atom is -0.470 e. The normalized spacial score (nSPS) is 17.7. The van der Waals surface area contributed by atoms with E-state index in [2.05, 4.69) is 91.9 Å². The van der Waals surface area contributed by atoms with Crippen molar-refractivity contribution < 1.29 is 19.7 Å². The molecule has 0 bridgehead atoms. The second-order valence-corrected chi connectivity index (χ2v) is 16.6. The molecule has 2 aromatic carbocycles. The number of halogens is 1. The average molecular weight is 878 g/mol. The highest BCUT2D eigenvalue weighted by atomic mass is 79.9. The van der Waals surface area contributed by atoms with Crippen LogP contribution in [-0.4, -0.2) is 118 Å². The maximum absolute atomic E-state index is 9.33. The van der Waals surface area contributed by atoms with Crippen LogP contribution in [0.15, 0.2) is 95.7 Å². The molecule has 0 spiro atoms. The Labute approximate surface area is 359 Å². The number of piperidine rings is 2. The lowest BCUT2D eigenvalue weighted by Gasteiger charge is -2.39. The summed E-state index contributed by atoms with van der Waals surface area (Å²) in [5.74, 6) is 5.35. The van der Waals surface area contributed by atoms with Crippen molar-refractivity contribution in [2.75, 3.05) is 85.2 Å². The van der Waals surface area contributed by atoms with Crippen LogP contribution in [0.5, 0.6) is 11.8 Å². The summed E-state index contributed by atoms with van der Waals surface area (Å²) in [6.45, 7) is 7.14. The fourth-order valence-electron chi connectivity index (χ4n) is 7.95. The molecule has 0 unspecified atom stereocenters. The first-order chi connectivity index (χ1) is 29.0. The Hall–Kier alpha value is -5.38. The Morgan fingerprint density at radius 1 is 0.567 bits per heavy atom. The fraction of sp³-hybridized carbons (Fsp3) is 0.422. The molecule has 60 heavy (non-hydrogen) atoms. The minimum absolute atomic E-state index is 0. The van der Waals surface area contributed by atoms with Crippen molar-refractivity contribution in [2.45, 2.75) is 45.3 Å². The number of anilines is 4. The maximum Gasteiger partial charge on any atom is 0.233 e. The van der Waals surface area contributed by atoms with Gasteiger partial charge in [-0.1, -0.05) is 43.8 Å². The number of aliphatic hydroxyl groups is 2. The molecule has 4 saturated heterocycles. The highest BCUT2D eigenvalue weighted by Crippen LogP contribution is 2.31. The Bertz CT molecular complexity index is 2350. The van der Waals surface area contributed by atoms with E-state index in [0.29, 0.717) is 35.5 Å². The van der Waals surface area contributed by atoms with Crippen molar-refractivity contribution in [1.82, 2.24) is 29.9 Å². The second kappa shape index (κ2) is 18.9. The molecule has 8 heterocycles. The van der Waals surface area contributed by atoms with Crippen LogP contribution in [0.4, 0.5) is 23.5 Å². The van der Waals surface area contributed by atoms with Gasteiger partial charge < -0.3 is 39.3 Å². The number of pyridine rings is 2. The summed E-state index contributed by atoms with van der Waals surface area (Å²) in [5, 5.41) is 20.9. The van der Waals surface area contributed by atoms with Gasteiger partial charge in [0.2, 0.25) is 23.7 Å². The van der Waals surface area contributed by atoms with Gasteiger partial charge in [0.05, 0.1) is 47.9 Å². The molecule has 4 aromatic heterocycles. The van der Waals surface area contributed by atoms with Crippen LogP contribution in [0.3, 0.4) is 0 Å². The summed E-state index contributed by atoms with van der Waals surface area (Å²) in [4.78, 5) is 36.4. The molecule has 0 atom stereocenters. The summed E-state index contributed by atoms with van der Waals surface area (Å²) in [5.41, 5.74) is 2.02. The Kier molecular flexibility index (Phi) is 13.0. The van der Waals surface area contributed by atoms with E-state index in [1.54, 1.807) is 12.4 Å². The molecule has 6 aromatic rings. The van der Waals surface area contributed by atoms with Gasteiger partial charge in [0.1, 0.15) is 23.8 Å². The van der Waals surface area contributed by atoms with Crippen molar-refractivity contribution >= 4 is 61.3 Å². The molecular weight excluding hydrogens is 824 g/mol. The van der Waals surface area contributed by atoms with Crippen LogP contribution in [-0.2, 0) is 0 Å². The molecule has 4 aliphatic rings. The molecule has 0 aliphatic carbocycles. The number of hydrogen-bond donors (Lipinski definition) is 2. The zero-order valence-electron chi connectivity index (χ0n) is 32.9. The number of fused-ring (bicyclic) bond motifs is 2. The van der Waals surface area contributed by atoms with E-state index in [0.717, 1.165) is 116 Å². The van der Waals surface area contributed by atoms with Crippen LogP contribution < -0.4 is 29.1 Å². The first kappa shape index (κ1) is 41.4. The van der Waals surface area contributed by atoms with Gasteiger partial charge in [0.25, 0.3) is 0 Å². The second-order valence-electron chi connectivity index (χ2n) is 15.8. The first-order valence-corrected chi connectivity index (χ1v) is 21.4. The van der Waals surface area contributed by atoms with Crippen molar-refractivity contribution in [1.29, 1.82) is 0 Å². The number of aromatic nitrogens is 6. The zero-order valence-corrected chi connectivity index (χ0v) is 34.5. The van der Waals surface area contributed by atoms with Crippen LogP contribution >= 0.6 is 15.9 Å². The van der Waals surface area contributed by atoms with Crippen molar-refractivity contribution in [2.24, 2.45) is 11.8 Å². The SMILES string of the molecule is C.OCC1CCN(c2ncc(Br)c(OC3CN(c4ccc5ccccc5n4)C3)n2)CC1.OCC1CCN(c2nccc(OC3CN(c4ccc5ccccc5n4)C3)n2)CC1. The number of ether oxygens (including phenoxy) is 2. The predicted octanol–water partition coefficient (Wildman–Crippen LogP) is 6.40. The maximum atomic E-state index is 9.33. The lowest BCUT2D eigenvalue weighted by atomic mass is 9.98. The van der Waals surface area contributed by atoms with Gasteiger partial charge in [-0.15, -0.1) is 0 Å². The number of rotatable bonds is 10. The fourth-order valence-corrected chi connectivity index (χ4v) is 8.23. The first-order valence-electron chi connectivity index (χ1n) is 20.6. The van der Waals surface area contributed by atoms with Crippen LogP contribution in [0.1, 0.15) is 33.1 Å².